The van der Waals surface area contributed by atoms with E-state index in [1.165, 1.54) is 6.07 Å². The van der Waals surface area contributed by atoms with Crippen LogP contribution in [-0.2, 0) is 21.5 Å². The Hall–Kier alpha value is -3.62. The van der Waals surface area contributed by atoms with Crippen LogP contribution in [0.3, 0.4) is 0 Å². The first-order valence-electron chi connectivity index (χ1n) is 9.43. The van der Waals surface area contributed by atoms with Crippen LogP contribution in [0.5, 0.6) is 11.5 Å². The molecule has 0 spiro atoms. The van der Waals surface area contributed by atoms with Gasteiger partial charge in [0.05, 0.1) is 0 Å². The average Bonchev–Trinajstić information content (AvgIpc) is 3.28. The second kappa shape index (κ2) is 7.66. The summed E-state index contributed by atoms with van der Waals surface area (Å²) in [5.74, 6) is -0.356. The Bertz CT molecular complexity index is 1030. The molecule has 0 bridgehead atoms. The van der Waals surface area contributed by atoms with Gasteiger partial charge in [-0.25, -0.2) is 9.18 Å². The molecule has 2 heterocycles. The number of ether oxygens (including phenoxy) is 2. The van der Waals surface area contributed by atoms with Crippen molar-refractivity contribution in [3.05, 3.63) is 59.4 Å². The Morgan fingerprint density at radius 3 is 2.77 bits per heavy atom. The van der Waals surface area contributed by atoms with Crippen molar-refractivity contribution < 1.29 is 28.2 Å². The van der Waals surface area contributed by atoms with Crippen LogP contribution in [-0.4, -0.2) is 42.6 Å². The molecule has 0 aliphatic carbocycles. The maximum Gasteiger partial charge on any atom is 0.325 e. The summed E-state index contributed by atoms with van der Waals surface area (Å²) in [6.45, 7) is 1.42. The molecule has 0 radical (unpaired) electrons. The Morgan fingerprint density at radius 1 is 1.20 bits per heavy atom. The quantitative estimate of drug-likeness (QED) is 0.703. The summed E-state index contributed by atoms with van der Waals surface area (Å²) in [5, 5.41) is 5.26. The van der Waals surface area contributed by atoms with E-state index in [2.05, 4.69) is 10.6 Å². The summed E-state index contributed by atoms with van der Waals surface area (Å²) < 4.78 is 24.2. The number of hydrogen-bond acceptors (Lipinski definition) is 5. The van der Waals surface area contributed by atoms with E-state index in [0.29, 0.717) is 29.0 Å². The summed E-state index contributed by atoms with van der Waals surface area (Å²) in [6.07, 6.45) is 0.299. The van der Waals surface area contributed by atoms with E-state index in [0.717, 1.165) is 4.90 Å². The maximum absolute atomic E-state index is 13.6. The van der Waals surface area contributed by atoms with E-state index in [-0.39, 0.29) is 19.2 Å². The Morgan fingerprint density at radius 2 is 1.97 bits per heavy atom. The highest BCUT2D eigenvalue weighted by Gasteiger charge is 2.49. The molecule has 30 heavy (non-hydrogen) atoms. The monoisotopic (exact) mass is 413 g/mol. The van der Waals surface area contributed by atoms with Crippen LogP contribution in [0.15, 0.2) is 42.5 Å². The van der Waals surface area contributed by atoms with Gasteiger partial charge in [0, 0.05) is 6.54 Å². The zero-order valence-electron chi connectivity index (χ0n) is 16.2. The molecule has 1 fully saturated rings. The largest absolute Gasteiger partial charge is 0.454 e. The Balaban J connectivity index is 1.39. The number of halogens is 1. The number of nitrogens with zero attached hydrogens (tertiary/aromatic N) is 1. The number of nitrogens with one attached hydrogen (secondary N) is 2. The minimum Gasteiger partial charge on any atom is -0.454 e. The van der Waals surface area contributed by atoms with Crippen molar-refractivity contribution in [2.75, 3.05) is 19.9 Å². The van der Waals surface area contributed by atoms with Crippen LogP contribution >= 0.6 is 0 Å². The highest BCUT2D eigenvalue weighted by molar-refractivity contribution is 6.09. The molecular formula is C21H20FN3O5. The van der Waals surface area contributed by atoms with Gasteiger partial charge in [0.2, 0.25) is 12.7 Å². The molecule has 156 valence electrons. The minimum absolute atomic E-state index is 0.0922. The van der Waals surface area contributed by atoms with E-state index in [1.54, 1.807) is 43.3 Å². The van der Waals surface area contributed by atoms with Crippen LogP contribution < -0.4 is 20.1 Å². The predicted molar refractivity (Wildman–Crippen MR) is 103 cm³/mol. The van der Waals surface area contributed by atoms with Crippen LogP contribution in [0.2, 0.25) is 0 Å². The summed E-state index contributed by atoms with van der Waals surface area (Å²) in [7, 11) is 0. The van der Waals surface area contributed by atoms with Gasteiger partial charge < -0.3 is 20.1 Å². The van der Waals surface area contributed by atoms with Crippen LogP contribution in [0.25, 0.3) is 0 Å². The molecule has 8 nitrogen and oxygen atoms in total. The molecule has 0 saturated carbocycles. The molecule has 2 aliphatic rings. The van der Waals surface area contributed by atoms with Gasteiger partial charge in [-0.2, -0.15) is 0 Å². The minimum atomic E-state index is -1.33. The molecular weight excluding hydrogens is 393 g/mol. The standard InChI is InChI=1S/C21H20FN3O5/c1-21(14-6-7-16-17(10-14)30-12-29-16)19(27)25(20(28)24-21)11-18(26)23-9-8-13-4-2-3-5-15(13)22/h2-7,10H,8-9,11-12H2,1H3,(H,23,26)(H,24,28)/t21-/m0/s1. The van der Waals surface area contributed by atoms with Crippen molar-refractivity contribution in [1.29, 1.82) is 0 Å². The summed E-state index contributed by atoms with van der Waals surface area (Å²) in [6, 6.07) is 10.6. The first kappa shape index (κ1) is 19.7. The van der Waals surface area contributed by atoms with Gasteiger partial charge in [0.1, 0.15) is 17.9 Å². The van der Waals surface area contributed by atoms with Gasteiger partial charge >= 0.3 is 6.03 Å². The third-order valence-corrected chi connectivity index (χ3v) is 5.20. The smallest absolute Gasteiger partial charge is 0.325 e. The number of rotatable bonds is 6. The van der Waals surface area contributed by atoms with Gasteiger partial charge in [-0.05, 0) is 42.7 Å². The third kappa shape index (κ3) is 3.54. The predicted octanol–water partition coefficient (Wildman–Crippen LogP) is 1.68. The fourth-order valence-electron chi connectivity index (χ4n) is 3.48. The lowest BCUT2D eigenvalue weighted by Gasteiger charge is -2.22. The van der Waals surface area contributed by atoms with E-state index in [1.807, 2.05) is 0 Å². The SMILES string of the molecule is C[C@@]1(c2ccc3c(c2)OCO3)NC(=O)N(CC(=O)NCCc2ccccc2F)C1=O. The fourth-order valence-corrected chi connectivity index (χ4v) is 3.48. The second-order valence-corrected chi connectivity index (χ2v) is 7.21. The maximum atomic E-state index is 13.6. The number of carbonyl (C=O) groups excluding carboxylic acids is 3. The highest BCUT2D eigenvalue weighted by atomic mass is 19.1. The lowest BCUT2D eigenvalue weighted by Crippen LogP contribution is -2.43. The Labute approximate surface area is 171 Å². The van der Waals surface area contributed by atoms with Gasteiger partial charge in [0.15, 0.2) is 11.5 Å². The molecule has 9 heteroatoms. The lowest BCUT2D eigenvalue weighted by molar-refractivity contribution is -0.134. The zero-order chi connectivity index (χ0) is 21.3. The van der Waals surface area contributed by atoms with Crippen LogP contribution in [0, 0.1) is 5.82 Å². The van der Waals surface area contributed by atoms with Crippen molar-refractivity contribution in [1.82, 2.24) is 15.5 Å². The molecule has 1 saturated heterocycles. The molecule has 4 rings (SSSR count). The molecule has 0 unspecified atom stereocenters. The Kier molecular flexibility index (Phi) is 5.03. The first-order valence-corrected chi connectivity index (χ1v) is 9.43. The number of amides is 4. The number of benzene rings is 2. The lowest BCUT2D eigenvalue weighted by atomic mass is 9.91. The summed E-state index contributed by atoms with van der Waals surface area (Å²) >= 11 is 0. The van der Waals surface area contributed by atoms with Crippen molar-refractivity contribution in [2.24, 2.45) is 0 Å². The van der Waals surface area contributed by atoms with Gasteiger partial charge in [0.25, 0.3) is 5.91 Å². The number of hydrogen-bond donors (Lipinski definition) is 2. The highest BCUT2D eigenvalue weighted by Crippen LogP contribution is 2.37. The molecule has 2 aliphatic heterocycles. The summed E-state index contributed by atoms with van der Waals surface area (Å²) in [4.78, 5) is 38.5. The first-order chi connectivity index (χ1) is 14.4. The van der Waals surface area contributed by atoms with Gasteiger partial charge in [-0.15, -0.1) is 0 Å². The average molecular weight is 413 g/mol. The topological polar surface area (TPSA) is 97.0 Å². The normalized spacial score (nSPS) is 19.7. The molecule has 2 N–H and O–H groups in total. The van der Waals surface area contributed by atoms with Crippen LogP contribution in [0.4, 0.5) is 9.18 Å². The van der Waals surface area contributed by atoms with E-state index in [4.69, 9.17) is 9.47 Å². The summed E-state index contributed by atoms with van der Waals surface area (Å²) in [5.41, 5.74) is -0.332. The number of carbonyl (C=O) groups is 3. The zero-order valence-corrected chi connectivity index (χ0v) is 16.2. The van der Waals surface area contributed by atoms with Crippen molar-refractivity contribution in [3.8, 4) is 11.5 Å². The number of fused-ring (bicyclic) bond motifs is 1. The molecule has 1 atom stereocenters. The molecule has 4 amide bonds. The van der Waals surface area contributed by atoms with E-state index >= 15 is 0 Å². The van der Waals surface area contributed by atoms with Crippen molar-refractivity contribution in [2.45, 2.75) is 18.9 Å². The van der Waals surface area contributed by atoms with Gasteiger partial charge in [-0.3, -0.25) is 14.5 Å². The van der Waals surface area contributed by atoms with E-state index < -0.39 is 29.9 Å². The second-order valence-electron chi connectivity index (χ2n) is 7.21. The van der Waals surface area contributed by atoms with E-state index in [9.17, 15) is 18.8 Å². The van der Waals surface area contributed by atoms with Crippen molar-refractivity contribution >= 4 is 17.8 Å². The third-order valence-electron chi connectivity index (χ3n) is 5.20. The van der Waals surface area contributed by atoms with Gasteiger partial charge in [-0.1, -0.05) is 24.3 Å². The van der Waals surface area contributed by atoms with Crippen LogP contribution in [0.1, 0.15) is 18.1 Å². The molecule has 2 aromatic carbocycles. The molecule has 2 aromatic rings. The molecule has 0 aromatic heterocycles. The van der Waals surface area contributed by atoms with Crippen molar-refractivity contribution in [3.63, 3.8) is 0 Å². The number of imide groups is 1. The number of urea groups is 1. The fraction of sp³-hybridized carbons (Fsp3) is 0.286.